The zero-order valence-electron chi connectivity index (χ0n) is 12.4. The summed E-state index contributed by atoms with van der Waals surface area (Å²) in [5.41, 5.74) is 1.07. The topological polar surface area (TPSA) is 68.3 Å². The van der Waals surface area contributed by atoms with Gasteiger partial charge in [0.05, 0.1) is 12.6 Å². The number of pyridine rings is 1. The number of nitrogens with zero attached hydrogens (tertiary/aromatic N) is 1. The molecule has 0 spiro atoms. The maximum atomic E-state index is 12.3. The fraction of sp³-hybridized carbons (Fsp3) is 0.353. The van der Waals surface area contributed by atoms with E-state index in [0.717, 1.165) is 23.7 Å². The summed E-state index contributed by atoms with van der Waals surface area (Å²) < 4.78 is 4.77. The Kier molecular flexibility index (Phi) is 4.04. The first-order valence-corrected chi connectivity index (χ1v) is 7.42. The Morgan fingerprint density at radius 3 is 2.77 bits per heavy atom. The van der Waals surface area contributed by atoms with Gasteiger partial charge in [0.15, 0.2) is 0 Å². The average Bonchev–Trinajstić information content (AvgIpc) is 3.37. The van der Waals surface area contributed by atoms with Crippen LogP contribution < -0.4 is 5.32 Å². The molecule has 1 N–H and O–H groups in total. The van der Waals surface area contributed by atoms with Crippen LogP contribution in [0.5, 0.6) is 0 Å². The number of methoxy groups -OCH3 is 1. The molecule has 0 bridgehead atoms. The average molecular weight is 298 g/mol. The minimum absolute atomic E-state index is 0.309. The SMILES string of the molecule is COC(=O)[C@H](CC1CC1)NC(=O)c1ccc2ccccc2n1. The first kappa shape index (κ1) is 14.5. The highest BCUT2D eigenvalue weighted by molar-refractivity contribution is 5.97. The summed E-state index contributed by atoms with van der Waals surface area (Å²) in [7, 11) is 1.34. The maximum absolute atomic E-state index is 12.3. The Labute approximate surface area is 128 Å². The number of nitrogens with one attached hydrogen (secondary N) is 1. The fourth-order valence-corrected chi connectivity index (χ4v) is 2.47. The Hall–Kier alpha value is -2.43. The molecule has 5 heteroatoms. The molecular formula is C17H18N2O3. The molecule has 1 aromatic heterocycles. The van der Waals surface area contributed by atoms with Gasteiger partial charge in [0, 0.05) is 5.39 Å². The summed E-state index contributed by atoms with van der Waals surface area (Å²) in [6.45, 7) is 0. The van der Waals surface area contributed by atoms with E-state index in [0.29, 0.717) is 18.0 Å². The predicted molar refractivity (Wildman–Crippen MR) is 82.4 cm³/mol. The van der Waals surface area contributed by atoms with Crippen LogP contribution in [-0.4, -0.2) is 30.0 Å². The molecule has 3 rings (SSSR count). The quantitative estimate of drug-likeness (QED) is 0.860. The van der Waals surface area contributed by atoms with Gasteiger partial charge >= 0.3 is 5.97 Å². The summed E-state index contributed by atoms with van der Waals surface area (Å²) in [5, 5.41) is 3.72. The van der Waals surface area contributed by atoms with Gasteiger partial charge in [0.1, 0.15) is 11.7 Å². The second-order valence-corrected chi connectivity index (χ2v) is 5.62. The van der Waals surface area contributed by atoms with Gasteiger partial charge in [-0.15, -0.1) is 0 Å². The van der Waals surface area contributed by atoms with Crippen molar-refractivity contribution in [3.63, 3.8) is 0 Å². The monoisotopic (exact) mass is 298 g/mol. The van der Waals surface area contributed by atoms with E-state index in [1.54, 1.807) is 6.07 Å². The lowest BCUT2D eigenvalue weighted by Crippen LogP contribution is -2.42. The fourth-order valence-electron chi connectivity index (χ4n) is 2.47. The molecule has 114 valence electrons. The molecule has 1 aliphatic carbocycles. The summed E-state index contributed by atoms with van der Waals surface area (Å²) in [4.78, 5) is 28.5. The molecule has 0 radical (unpaired) electrons. The molecule has 1 amide bonds. The van der Waals surface area contributed by atoms with Crippen molar-refractivity contribution in [2.24, 2.45) is 5.92 Å². The van der Waals surface area contributed by atoms with Gasteiger partial charge in [0.25, 0.3) is 5.91 Å². The second kappa shape index (κ2) is 6.13. The number of hydrogen-bond acceptors (Lipinski definition) is 4. The minimum atomic E-state index is -0.599. The summed E-state index contributed by atoms with van der Waals surface area (Å²) in [5.74, 6) is -0.239. The van der Waals surface area contributed by atoms with Gasteiger partial charge in [-0.25, -0.2) is 9.78 Å². The number of esters is 1. The third-order valence-corrected chi connectivity index (χ3v) is 3.89. The number of carbonyl (C=O) groups is 2. The van der Waals surface area contributed by atoms with E-state index in [4.69, 9.17) is 4.74 Å². The van der Waals surface area contributed by atoms with Crippen molar-refractivity contribution in [1.82, 2.24) is 10.3 Å². The van der Waals surface area contributed by atoms with Gasteiger partial charge in [-0.05, 0) is 24.5 Å². The number of ether oxygens (including phenoxy) is 1. The van der Waals surface area contributed by atoms with Gasteiger partial charge in [-0.3, -0.25) is 4.79 Å². The van der Waals surface area contributed by atoms with Crippen molar-refractivity contribution >= 4 is 22.8 Å². The van der Waals surface area contributed by atoms with Crippen LogP contribution in [0, 0.1) is 5.92 Å². The van der Waals surface area contributed by atoms with Crippen LogP contribution in [0.3, 0.4) is 0 Å². The van der Waals surface area contributed by atoms with Crippen LogP contribution in [0.2, 0.25) is 0 Å². The van der Waals surface area contributed by atoms with Crippen LogP contribution in [0.1, 0.15) is 29.8 Å². The zero-order chi connectivity index (χ0) is 15.5. The smallest absolute Gasteiger partial charge is 0.328 e. The molecule has 0 unspecified atom stereocenters. The molecule has 5 nitrogen and oxygen atoms in total. The van der Waals surface area contributed by atoms with E-state index in [2.05, 4.69) is 10.3 Å². The van der Waals surface area contributed by atoms with Crippen LogP contribution in [-0.2, 0) is 9.53 Å². The van der Waals surface area contributed by atoms with Crippen molar-refractivity contribution < 1.29 is 14.3 Å². The standard InChI is InChI=1S/C17H18N2O3/c1-22-17(21)15(10-11-6-7-11)19-16(20)14-9-8-12-4-2-3-5-13(12)18-14/h2-5,8-9,11,15H,6-7,10H2,1H3,(H,19,20)/t15-/m0/s1. The van der Waals surface area contributed by atoms with Gasteiger partial charge in [0.2, 0.25) is 0 Å². The van der Waals surface area contributed by atoms with Crippen LogP contribution in [0.4, 0.5) is 0 Å². The molecule has 2 aromatic rings. The first-order chi connectivity index (χ1) is 10.7. The Morgan fingerprint density at radius 1 is 1.27 bits per heavy atom. The molecule has 1 aliphatic rings. The summed E-state index contributed by atoms with van der Waals surface area (Å²) in [6.07, 6.45) is 2.85. The highest BCUT2D eigenvalue weighted by Gasteiger charge is 2.31. The lowest BCUT2D eigenvalue weighted by atomic mass is 10.1. The number of carbonyl (C=O) groups excluding carboxylic acids is 2. The molecule has 1 fully saturated rings. The maximum Gasteiger partial charge on any atom is 0.328 e. The number of aromatic nitrogens is 1. The lowest BCUT2D eigenvalue weighted by Gasteiger charge is -2.16. The van der Waals surface area contributed by atoms with Crippen molar-refractivity contribution in [2.45, 2.75) is 25.3 Å². The van der Waals surface area contributed by atoms with E-state index in [9.17, 15) is 9.59 Å². The number of rotatable bonds is 5. The Bertz CT molecular complexity index is 710. The van der Waals surface area contributed by atoms with Gasteiger partial charge in [-0.2, -0.15) is 0 Å². The van der Waals surface area contributed by atoms with E-state index >= 15 is 0 Å². The van der Waals surface area contributed by atoms with Gasteiger partial charge in [-0.1, -0.05) is 37.1 Å². The third-order valence-electron chi connectivity index (χ3n) is 3.89. The number of benzene rings is 1. The Balaban J connectivity index is 1.76. The number of amides is 1. The minimum Gasteiger partial charge on any atom is -0.467 e. The largest absolute Gasteiger partial charge is 0.467 e. The lowest BCUT2D eigenvalue weighted by molar-refractivity contribution is -0.143. The van der Waals surface area contributed by atoms with Crippen LogP contribution >= 0.6 is 0 Å². The zero-order valence-corrected chi connectivity index (χ0v) is 12.4. The molecule has 0 saturated heterocycles. The second-order valence-electron chi connectivity index (χ2n) is 5.62. The van der Waals surface area contributed by atoms with Crippen molar-refractivity contribution in [3.8, 4) is 0 Å². The molecule has 1 aromatic carbocycles. The summed E-state index contributed by atoms with van der Waals surface area (Å²) in [6, 6.07) is 10.5. The normalized spacial score (nSPS) is 15.3. The van der Waals surface area contributed by atoms with Crippen molar-refractivity contribution in [1.29, 1.82) is 0 Å². The molecule has 1 atom stereocenters. The Morgan fingerprint density at radius 2 is 2.05 bits per heavy atom. The molecular weight excluding hydrogens is 280 g/mol. The predicted octanol–water partition coefficient (Wildman–Crippen LogP) is 2.31. The van der Waals surface area contributed by atoms with Crippen molar-refractivity contribution in [2.75, 3.05) is 7.11 Å². The number of hydrogen-bond donors (Lipinski definition) is 1. The van der Waals surface area contributed by atoms with E-state index < -0.39 is 12.0 Å². The van der Waals surface area contributed by atoms with Crippen LogP contribution in [0.15, 0.2) is 36.4 Å². The van der Waals surface area contributed by atoms with Crippen LogP contribution in [0.25, 0.3) is 10.9 Å². The third kappa shape index (κ3) is 3.24. The molecule has 0 aliphatic heterocycles. The number of para-hydroxylation sites is 1. The highest BCUT2D eigenvalue weighted by atomic mass is 16.5. The van der Waals surface area contributed by atoms with E-state index in [1.165, 1.54) is 7.11 Å². The summed E-state index contributed by atoms with van der Waals surface area (Å²) >= 11 is 0. The molecule has 1 saturated carbocycles. The highest BCUT2D eigenvalue weighted by Crippen LogP contribution is 2.33. The van der Waals surface area contributed by atoms with Gasteiger partial charge < -0.3 is 10.1 Å². The van der Waals surface area contributed by atoms with E-state index in [-0.39, 0.29) is 5.91 Å². The number of fused-ring (bicyclic) bond motifs is 1. The molecule has 1 heterocycles. The van der Waals surface area contributed by atoms with Crippen molar-refractivity contribution in [3.05, 3.63) is 42.1 Å². The first-order valence-electron chi connectivity index (χ1n) is 7.42. The van der Waals surface area contributed by atoms with E-state index in [1.807, 2.05) is 30.3 Å². The molecule has 22 heavy (non-hydrogen) atoms.